The van der Waals surface area contributed by atoms with Crippen molar-refractivity contribution < 1.29 is 14.2 Å². The highest BCUT2D eigenvalue weighted by Gasteiger charge is 2.20. The molecule has 0 spiro atoms. The van der Waals surface area contributed by atoms with Gasteiger partial charge >= 0.3 is 0 Å². The standard InChI is InChI=1S/C14H17FN2O2/c1-3-17-8-7-16-13(17)9-11(18)14-10(15)5-4-6-12(14)19-2/h4-8,11,18H,3,9H2,1-2H3. The Bertz CT molecular complexity index is 554. The third-order valence-corrected chi connectivity index (χ3v) is 3.08. The molecule has 0 aliphatic carbocycles. The molecule has 0 bridgehead atoms. The number of hydrogen-bond acceptors (Lipinski definition) is 3. The zero-order valence-electron chi connectivity index (χ0n) is 11.0. The van der Waals surface area contributed by atoms with Gasteiger partial charge in [0.1, 0.15) is 17.4 Å². The molecule has 0 amide bonds. The van der Waals surface area contributed by atoms with E-state index in [9.17, 15) is 9.50 Å². The van der Waals surface area contributed by atoms with Gasteiger partial charge in [-0.2, -0.15) is 0 Å². The van der Waals surface area contributed by atoms with E-state index >= 15 is 0 Å². The molecule has 19 heavy (non-hydrogen) atoms. The maximum absolute atomic E-state index is 13.8. The number of rotatable bonds is 5. The van der Waals surface area contributed by atoms with Crippen LogP contribution >= 0.6 is 0 Å². The maximum atomic E-state index is 13.8. The van der Waals surface area contributed by atoms with Crippen LogP contribution in [-0.2, 0) is 13.0 Å². The molecule has 102 valence electrons. The average Bonchev–Trinajstić information content (AvgIpc) is 2.85. The average molecular weight is 264 g/mol. The van der Waals surface area contributed by atoms with Gasteiger partial charge in [-0.15, -0.1) is 0 Å². The first kappa shape index (κ1) is 13.5. The number of methoxy groups -OCH3 is 1. The first-order valence-electron chi connectivity index (χ1n) is 6.17. The minimum atomic E-state index is -0.983. The van der Waals surface area contributed by atoms with Crippen LogP contribution in [0.15, 0.2) is 30.6 Å². The lowest BCUT2D eigenvalue weighted by Gasteiger charge is -2.15. The van der Waals surface area contributed by atoms with E-state index in [1.807, 2.05) is 17.7 Å². The largest absolute Gasteiger partial charge is 0.496 e. The number of imidazole rings is 1. The summed E-state index contributed by atoms with van der Waals surface area (Å²) in [7, 11) is 1.46. The van der Waals surface area contributed by atoms with E-state index in [4.69, 9.17) is 4.74 Å². The van der Waals surface area contributed by atoms with E-state index in [2.05, 4.69) is 4.98 Å². The monoisotopic (exact) mass is 264 g/mol. The molecule has 0 radical (unpaired) electrons. The van der Waals surface area contributed by atoms with Gasteiger partial charge < -0.3 is 14.4 Å². The first-order valence-corrected chi connectivity index (χ1v) is 6.17. The number of ether oxygens (including phenoxy) is 1. The Morgan fingerprint density at radius 2 is 2.26 bits per heavy atom. The van der Waals surface area contributed by atoms with Gasteiger partial charge in [-0.05, 0) is 19.1 Å². The van der Waals surface area contributed by atoms with E-state index < -0.39 is 11.9 Å². The van der Waals surface area contributed by atoms with Crippen LogP contribution in [0.4, 0.5) is 4.39 Å². The van der Waals surface area contributed by atoms with E-state index in [-0.39, 0.29) is 12.0 Å². The third-order valence-electron chi connectivity index (χ3n) is 3.08. The second-order valence-corrected chi connectivity index (χ2v) is 4.21. The minimum absolute atomic E-state index is 0.177. The summed E-state index contributed by atoms with van der Waals surface area (Å²) in [6.45, 7) is 2.75. The Balaban J connectivity index is 2.27. The molecule has 0 fully saturated rings. The molecule has 5 heteroatoms. The van der Waals surface area contributed by atoms with Crippen molar-refractivity contribution >= 4 is 0 Å². The van der Waals surface area contributed by atoms with Crippen molar-refractivity contribution in [2.75, 3.05) is 7.11 Å². The predicted octanol–water partition coefficient (Wildman–Crippen LogP) is 2.33. The Morgan fingerprint density at radius 1 is 1.47 bits per heavy atom. The third kappa shape index (κ3) is 2.76. The van der Waals surface area contributed by atoms with Crippen molar-refractivity contribution in [1.29, 1.82) is 0 Å². The molecule has 2 rings (SSSR count). The quantitative estimate of drug-likeness (QED) is 0.901. The number of hydrogen-bond donors (Lipinski definition) is 1. The normalized spacial score (nSPS) is 12.4. The molecule has 1 aromatic carbocycles. The van der Waals surface area contributed by atoms with Crippen molar-refractivity contribution in [3.8, 4) is 5.75 Å². The van der Waals surface area contributed by atoms with E-state index in [0.29, 0.717) is 5.75 Å². The summed E-state index contributed by atoms with van der Waals surface area (Å²) >= 11 is 0. The van der Waals surface area contributed by atoms with Crippen molar-refractivity contribution in [3.05, 3.63) is 47.8 Å². The summed E-state index contributed by atoms with van der Waals surface area (Å²) in [5.41, 5.74) is 0.177. The summed E-state index contributed by atoms with van der Waals surface area (Å²) in [4.78, 5) is 4.18. The van der Waals surface area contributed by atoms with Gasteiger partial charge in [-0.3, -0.25) is 0 Å². The molecule has 1 aromatic heterocycles. The summed E-state index contributed by atoms with van der Waals surface area (Å²) in [6.07, 6.45) is 2.77. The molecule has 1 atom stereocenters. The van der Waals surface area contributed by atoms with Crippen LogP contribution in [-0.4, -0.2) is 21.8 Å². The molecule has 0 saturated carbocycles. The van der Waals surface area contributed by atoms with Crippen LogP contribution in [0.2, 0.25) is 0 Å². The van der Waals surface area contributed by atoms with Gasteiger partial charge in [0.15, 0.2) is 0 Å². The molecule has 0 saturated heterocycles. The molecular formula is C14H17FN2O2. The Kier molecular flexibility index (Phi) is 4.16. The zero-order chi connectivity index (χ0) is 13.8. The Labute approximate surface area is 111 Å². The second kappa shape index (κ2) is 5.84. The molecule has 1 heterocycles. The molecule has 4 nitrogen and oxygen atoms in total. The lowest BCUT2D eigenvalue weighted by Crippen LogP contribution is -2.10. The molecule has 1 unspecified atom stereocenters. The number of aliphatic hydroxyl groups is 1. The van der Waals surface area contributed by atoms with Crippen molar-refractivity contribution in [3.63, 3.8) is 0 Å². The van der Waals surface area contributed by atoms with E-state index in [1.165, 1.54) is 13.2 Å². The molecule has 2 aromatic rings. The highest BCUT2D eigenvalue weighted by Crippen LogP contribution is 2.29. The van der Waals surface area contributed by atoms with Gasteiger partial charge in [0.25, 0.3) is 0 Å². The SMILES string of the molecule is CCn1ccnc1CC(O)c1c(F)cccc1OC. The number of aromatic nitrogens is 2. The summed E-state index contributed by atoms with van der Waals surface area (Å²) in [5.74, 6) is 0.601. The summed E-state index contributed by atoms with van der Waals surface area (Å²) in [6, 6.07) is 4.50. The lowest BCUT2D eigenvalue weighted by atomic mass is 10.0. The van der Waals surface area contributed by atoms with Gasteiger partial charge in [0, 0.05) is 25.4 Å². The summed E-state index contributed by atoms with van der Waals surface area (Å²) in [5, 5.41) is 10.2. The topological polar surface area (TPSA) is 47.3 Å². The second-order valence-electron chi connectivity index (χ2n) is 4.21. The van der Waals surface area contributed by atoms with Gasteiger partial charge in [0.2, 0.25) is 0 Å². The number of aryl methyl sites for hydroxylation is 1. The van der Waals surface area contributed by atoms with Crippen molar-refractivity contribution in [2.24, 2.45) is 0 Å². The fourth-order valence-corrected chi connectivity index (χ4v) is 2.11. The first-order chi connectivity index (χ1) is 9.17. The highest BCUT2D eigenvalue weighted by molar-refractivity contribution is 5.36. The Hall–Kier alpha value is -1.88. The van der Waals surface area contributed by atoms with E-state index in [1.54, 1.807) is 18.3 Å². The van der Waals surface area contributed by atoms with E-state index in [0.717, 1.165) is 12.4 Å². The van der Waals surface area contributed by atoms with Crippen molar-refractivity contribution in [2.45, 2.75) is 26.0 Å². The van der Waals surface area contributed by atoms with Crippen LogP contribution in [0.5, 0.6) is 5.75 Å². The maximum Gasteiger partial charge on any atom is 0.132 e. The molecule has 0 aliphatic heterocycles. The van der Waals surface area contributed by atoms with Crippen molar-refractivity contribution in [1.82, 2.24) is 9.55 Å². The van der Waals surface area contributed by atoms with Gasteiger partial charge in [-0.25, -0.2) is 9.37 Å². The lowest BCUT2D eigenvalue weighted by molar-refractivity contribution is 0.165. The molecular weight excluding hydrogens is 247 g/mol. The zero-order valence-corrected chi connectivity index (χ0v) is 11.0. The van der Waals surface area contributed by atoms with Gasteiger partial charge in [0.05, 0.1) is 18.8 Å². The summed E-state index contributed by atoms with van der Waals surface area (Å²) < 4.78 is 20.8. The highest BCUT2D eigenvalue weighted by atomic mass is 19.1. The Morgan fingerprint density at radius 3 is 2.95 bits per heavy atom. The fourth-order valence-electron chi connectivity index (χ4n) is 2.11. The van der Waals surface area contributed by atoms with Crippen LogP contribution in [0.1, 0.15) is 24.4 Å². The van der Waals surface area contributed by atoms with Crippen LogP contribution in [0.3, 0.4) is 0 Å². The molecule has 0 aliphatic rings. The smallest absolute Gasteiger partial charge is 0.132 e. The van der Waals surface area contributed by atoms with Crippen LogP contribution in [0, 0.1) is 5.82 Å². The number of aliphatic hydroxyl groups excluding tert-OH is 1. The molecule has 1 N–H and O–H groups in total. The fraction of sp³-hybridized carbons (Fsp3) is 0.357. The minimum Gasteiger partial charge on any atom is -0.496 e. The predicted molar refractivity (Wildman–Crippen MR) is 69.5 cm³/mol. The number of benzene rings is 1. The van der Waals surface area contributed by atoms with Gasteiger partial charge in [-0.1, -0.05) is 6.07 Å². The number of halogens is 1. The van der Waals surface area contributed by atoms with Crippen LogP contribution < -0.4 is 4.74 Å². The van der Waals surface area contributed by atoms with Crippen LogP contribution in [0.25, 0.3) is 0 Å². The number of nitrogens with zero attached hydrogens (tertiary/aromatic N) is 2.